The van der Waals surface area contributed by atoms with Crippen LogP contribution in [0.25, 0.3) is 0 Å². The second kappa shape index (κ2) is 12.1. The fraction of sp³-hybridized carbons (Fsp3) is 0.875. The second-order valence-electron chi connectivity index (χ2n) is 12.9. The van der Waals surface area contributed by atoms with E-state index in [0.29, 0.717) is 24.0 Å². The van der Waals surface area contributed by atoms with E-state index in [1.807, 2.05) is 14.2 Å². The highest BCUT2D eigenvalue weighted by Crippen LogP contribution is 2.45. The monoisotopic (exact) mass is 468 g/mol. The summed E-state index contributed by atoms with van der Waals surface area (Å²) in [5.41, 5.74) is 0. The van der Waals surface area contributed by atoms with Gasteiger partial charge in [0.1, 0.15) is 0 Å². The highest BCUT2D eigenvalue weighted by molar-refractivity contribution is 5.07. The van der Waals surface area contributed by atoms with Crippen LogP contribution in [0.4, 0.5) is 0 Å². The zero-order valence-corrected chi connectivity index (χ0v) is 22.2. The van der Waals surface area contributed by atoms with Gasteiger partial charge in [-0.25, -0.2) is 0 Å². The van der Waals surface area contributed by atoms with Crippen LogP contribution >= 0.6 is 0 Å². The van der Waals surface area contributed by atoms with Crippen LogP contribution in [0.1, 0.15) is 103 Å². The van der Waals surface area contributed by atoms with Crippen molar-refractivity contribution in [3.05, 3.63) is 24.3 Å². The predicted molar refractivity (Wildman–Crippen MR) is 142 cm³/mol. The number of allylic oxidation sites excluding steroid dienone is 2. The molecule has 10 unspecified atom stereocenters. The third-order valence-electron chi connectivity index (χ3n) is 11.0. The van der Waals surface area contributed by atoms with Crippen molar-refractivity contribution in [1.82, 2.24) is 0 Å². The van der Waals surface area contributed by atoms with Gasteiger partial charge in [0.15, 0.2) is 0 Å². The lowest BCUT2D eigenvalue weighted by atomic mass is 9.67. The number of methoxy groups -OCH3 is 2. The Bertz CT molecular complexity index is 624. The number of hydrogen-bond acceptors (Lipinski definition) is 2. The van der Waals surface area contributed by atoms with Crippen molar-refractivity contribution in [3.63, 3.8) is 0 Å². The van der Waals surface area contributed by atoms with Gasteiger partial charge in [-0.15, -0.1) is 0 Å². The van der Waals surface area contributed by atoms with E-state index in [4.69, 9.17) is 9.47 Å². The van der Waals surface area contributed by atoms with E-state index in [1.165, 1.54) is 89.9 Å². The Kier molecular flexibility index (Phi) is 8.91. The minimum atomic E-state index is 0.331. The van der Waals surface area contributed by atoms with Crippen LogP contribution in [0.2, 0.25) is 0 Å². The molecule has 10 atom stereocenters. The number of ether oxygens (including phenoxy) is 2. The van der Waals surface area contributed by atoms with Crippen molar-refractivity contribution in [2.24, 2.45) is 47.3 Å². The van der Waals surface area contributed by atoms with E-state index >= 15 is 0 Å². The molecule has 5 fully saturated rings. The smallest absolute Gasteiger partial charge is 0.0641 e. The van der Waals surface area contributed by atoms with Gasteiger partial charge in [0.2, 0.25) is 0 Å². The van der Waals surface area contributed by atoms with Gasteiger partial charge >= 0.3 is 0 Å². The summed E-state index contributed by atoms with van der Waals surface area (Å²) in [6.07, 6.45) is 33.6. The van der Waals surface area contributed by atoms with Crippen molar-refractivity contribution in [3.8, 4) is 0 Å². The van der Waals surface area contributed by atoms with Gasteiger partial charge in [-0.1, -0.05) is 75.7 Å². The van der Waals surface area contributed by atoms with Crippen LogP contribution < -0.4 is 0 Å². The SMILES string of the molecule is COC1CC(/C=C/C2CCC3CCCCC3C2)C(OC)CC1/C=C/C1CCC2CCCCC2C1. The fourth-order valence-electron chi connectivity index (χ4n) is 8.91. The summed E-state index contributed by atoms with van der Waals surface area (Å²) >= 11 is 0. The maximum Gasteiger partial charge on any atom is 0.0641 e. The first kappa shape index (κ1) is 25.1. The lowest BCUT2D eigenvalue weighted by Crippen LogP contribution is -2.39. The van der Waals surface area contributed by atoms with Gasteiger partial charge in [0.05, 0.1) is 12.2 Å². The van der Waals surface area contributed by atoms with Gasteiger partial charge in [-0.2, -0.15) is 0 Å². The van der Waals surface area contributed by atoms with Crippen molar-refractivity contribution in [2.75, 3.05) is 14.2 Å². The molecule has 192 valence electrons. The molecule has 0 amide bonds. The summed E-state index contributed by atoms with van der Waals surface area (Å²) in [5.74, 6) is 6.69. The quantitative estimate of drug-likeness (QED) is 0.364. The van der Waals surface area contributed by atoms with E-state index in [2.05, 4.69) is 24.3 Å². The second-order valence-corrected chi connectivity index (χ2v) is 12.9. The Labute approximate surface area is 210 Å². The number of hydrogen-bond donors (Lipinski definition) is 0. The number of rotatable bonds is 6. The molecule has 34 heavy (non-hydrogen) atoms. The van der Waals surface area contributed by atoms with Crippen molar-refractivity contribution < 1.29 is 9.47 Å². The Morgan fingerprint density at radius 2 is 0.853 bits per heavy atom. The van der Waals surface area contributed by atoms with E-state index in [9.17, 15) is 0 Å². The lowest BCUT2D eigenvalue weighted by molar-refractivity contribution is -0.0426. The summed E-state index contributed by atoms with van der Waals surface area (Å²) in [5, 5.41) is 0. The molecule has 5 rings (SSSR count). The molecule has 0 radical (unpaired) electrons. The maximum atomic E-state index is 6.07. The molecule has 2 nitrogen and oxygen atoms in total. The highest BCUT2D eigenvalue weighted by Gasteiger charge is 2.37. The van der Waals surface area contributed by atoms with E-state index in [1.54, 1.807) is 0 Å². The van der Waals surface area contributed by atoms with E-state index in [-0.39, 0.29) is 0 Å². The van der Waals surface area contributed by atoms with Gasteiger partial charge in [-0.05, 0) is 86.9 Å². The highest BCUT2D eigenvalue weighted by atomic mass is 16.5. The molecule has 0 saturated heterocycles. The van der Waals surface area contributed by atoms with Crippen molar-refractivity contribution in [2.45, 2.75) is 115 Å². The van der Waals surface area contributed by atoms with Gasteiger partial charge in [0, 0.05) is 26.1 Å². The third-order valence-corrected chi connectivity index (χ3v) is 11.0. The van der Waals surface area contributed by atoms with Gasteiger partial charge < -0.3 is 9.47 Å². The standard InChI is InChI=1S/C32H52O2/c1-33-31-21-30(18-14-24-12-16-26-8-4-6-10-28(26)20-24)32(34-2)22-29(31)17-13-23-11-15-25-7-3-5-9-27(25)19-23/h13-14,17-18,23-32H,3-12,15-16,19-22H2,1-2H3/b17-13+,18-14+. The largest absolute Gasteiger partial charge is 0.381 e. The lowest BCUT2D eigenvalue weighted by Gasteiger charge is -2.40. The molecule has 0 aliphatic heterocycles. The van der Waals surface area contributed by atoms with Crippen LogP contribution in [0.15, 0.2) is 24.3 Å². The zero-order valence-electron chi connectivity index (χ0n) is 22.2. The normalized spacial score (nSPS) is 45.8. The van der Waals surface area contributed by atoms with Crippen molar-refractivity contribution in [1.29, 1.82) is 0 Å². The van der Waals surface area contributed by atoms with Crippen LogP contribution in [0.3, 0.4) is 0 Å². The van der Waals surface area contributed by atoms with Crippen LogP contribution in [-0.4, -0.2) is 26.4 Å². The summed E-state index contributed by atoms with van der Waals surface area (Å²) in [6.45, 7) is 0. The fourth-order valence-corrected chi connectivity index (χ4v) is 8.91. The topological polar surface area (TPSA) is 18.5 Å². The molecule has 0 spiro atoms. The summed E-state index contributed by atoms with van der Waals surface area (Å²) < 4.78 is 12.1. The average Bonchev–Trinajstić information content (AvgIpc) is 2.90. The predicted octanol–water partition coefficient (Wildman–Crippen LogP) is 8.37. The molecule has 0 N–H and O–H groups in total. The molecule has 0 aromatic heterocycles. The van der Waals surface area contributed by atoms with Crippen molar-refractivity contribution >= 4 is 0 Å². The molecule has 5 aliphatic rings. The average molecular weight is 469 g/mol. The molecule has 5 aliphatic carbocycles. The molecule has 0 aromatic rings. The first-order valence-corrected chi connectivity index (χ1v) is 15.2. The van der Waals surface area contributed by atoms with E-state index < -0.39 is 0 Å². The first-order chi connectivity index (χ1) is 16.7. The summed E-state index contributed by atoms with van der Waals surface area (Å²) in [6, 6.07) is 0. The molecular formula is C32H52O2. The van der Waals surface area contributed by atoms with Gasteiger partial charge in [-0.3, -0.25) is 0 Å². The van der Waals surface area contributed by atoms with Gasteiger partial charge in [0.25, 0.3) is 0 Å². The third kappa shape index (κ3) is 6.03. The Balaban J connectivity index is 1.16. The first-order valence-electron chi connectivity index (χ1n) is 15.2. The minimum Gasteiger partial charge on any atom is -0.381 e. The zero-order chi connectivity index (χ0) is 23.3. The molecule has 0 heterocycles. The summed E-state index contributed by atoms with van der Waals surface area (Å²) in [4.78, 5) is 0. The molecule has 0 bridgehead atoms. The maximum absolute atomic E-state index is 6.07. The van der Waals surface area contributed by atoms with Crippen LogP contribution in [-0.2, 0) is 9.47 Å². The Morgan fingerprint density at radius 3 is 1.26 bits per heavy atom. The number of fused-ring (bicyclic) bond motifs is 2. The van der Waals surface area contributed by atoms with E-state index in [0.717, 1.165) is 48.3 Å². The summed E-state index contributed by atoms with van der Waals surface area (Å²) in [7, 11) is 3.86. The molecule has 5 saturated carbocycles. The minimum absolute atomic E-state index is 0.331. The Morgan fingerprint density at radius 1 is 0.441 bits per heavy atom. The molecule has 2 heteroatoms. The molecule has 0 aromatic carbocycles. The van der Waals surface area contributed by atoms with Crippen LogP contribution in [0, 0.1) is 47.3 Å². The Hall–Kier alpha value is -0.600. The molecular weight excluding hydrogens is 416 g/mol. The van der Waals surface area contributed by atoms with Crippen LogP contribution in [0.5, 0.6) is 0 Å².